The molecule has 1 heterocycles. The van der Waals surface area contributed by atoms with Gasteiger partial charge in [0.15, 0.2) is 5.11 Å². The number of thiocarbonyl (C=S) groups is 1. The first-order valence-corrected chi connectivity index (χ1v) is 7.68. The Morgan fingerprint density at radius 1 is 1.27 bits per heavy atom. The Hall–Kier alpha value is -1.95. The summed E-state index contributed by atoms with van der Waals surface area (Å²) in [5.41, 5.74) is 3.46. The van der Waals surface area contributed by atoms with Crippen molar-refractivity contribution in [1.82, 2.24) is 15.1 Å². The topological polar surface area (TPSA) is 41.9 Å². The van der Waals surface area contributed by atoms with Crippen LogP contribution in [-0.2, 0) is 6.54 Å². The first-order valence-electron chi connectivity index (χ1n) is 7.28. The van der Waals surface area contributed by atoms with Crippen LogP contribution in [0, 0.1) is 26.6 Å². The molecule has 2 N–H and O–H groups in total. The van der Waals surface area contributed by atoms with Gasteiger partial charge in [-0.1, -0.05) is 6.07 Å². The van der Waals surface area contributed by atoms with Crippen LogP contribution in [0.3, 0.4) is 0 Å². The van der Waals surface area contributed by atoms with Crippen LogP contribution in [0.15, 0.2) is 24.3 Å². The molecule has 4 nitrogen and oxygen atoms in total. The van der Waals surface area contributed by atoms with Gasteiger partial charge in [0.05, 0.1) is 5.69 Å². The van der Waals surface area contributed by atoms with E-state index in [9.17, 15) is 4.39 Å². The first-order chi connectivity index (χ1) is 10.5. The van der Waals surface area contributed by atoms with Crippen LogP contribution in [0.4, 0.5) is 10.1 Å². The number of nitrogens with zero attached hydrogens (tertiary/aromatic N) is 2. The molecule has 0 saturated heterocycles. The number of halogens is 1. The largest absolute Gasteiger partial charge is 0.362 e. The van der Waals surface area contributed by atoms with E-state index in [1.54, 1.807) is 13.0 Å². The molecule has 0 saturated carbocycles. The number of hydrogen-bond donors (Lipinski definition) is 2. The number of hydrogen-bond acceptors (Lipinski definition) is 2. The molecule has 0 spiro atoms. The van der Waals surface area contributed by atoms with Gasteiger partial charge in [0.25, 0.3) is 0 Å². The van der Waals surface area contributed by atoms with Gasteiger partial charge in [-0.3, -0.25) is 4.68 Å². The molecule has 0 aliphatic heterocycles. The molecule has 2 aromatic rings. The number of rotatable bonds is 5. The number of aromatic nitrogens is 2. The van der Waals surface area contributed by atoms with Crippen molar-refractivity contribution >= 4 is 23.0 Å². The van der Waals surface area contributed by atoms with Gasteiger partial charge in [0.2, 0.25) is 0 Å². The van der Waals surface area contributed by atoms with Gasteiger partial charge >= 0.3 is 0 Å². The molecule has 1 aromatic heterocycles. The van der Waals surface area contributed by atoms with Crippen LogP contribution >= 0.6 is 12.2 Å². The lowest BCUT2D eigenvalue weighted by molar-refractivity contribution is 0.558. The second-order valence-electron chi connectivity index (χ2n) is 5.35. The van der Waals surface area contributed by atoms with Crippen molar-refractivity contribution < 1.29 is 4.39 Å². The molecule has 22 heavy (non-hydrogen) atoms. The quantitative estimate of drug-likeness (QED) is 0.655. The highest BCUT2D eigenvalue weighted by atomic mass is 32.1. The highest BCUT2D eigenvalue weighted by Crippen LogP contribution is 2.13. The highest BCUT2D eigenvalue weighted by Gasteiger charge is 2.03. The summed E-state index contributed by atoms with van der Waals surface area (Å²) >= 11 is 5.20. The Morgan fingerprint density at radius 3 is 2.68 bits per heavy atom. The van der Waals surface area contributed by atoms with E-state index in [2.05, 4.69) is 21.8 Å². The van der Waals surface area contributed by atoms with Crippen molar-refractivity contribution in [1.29, 1.82) is 0 Å². The predicted molar refractivity (Wildman–Crippen MR) is 91.7 cm³/mol. The highest BCUT2D eigenvalue weighted by molar-refractivity contribution is 7.80. The van der Waals surface area contributed by atoms with Crippen LogP contribution < -0.4 is 10.6 Å². The standard InChI is InChI=1S/C16H21FN4S/c1-11-5-6-14(10-15(11)17)19-16(22)18-7-4-8-21-13(3)9-12(2)20-21/h5-6,9-10H,4,7-8H2,1-3H3,(H2,18,19,22). The van der Waals surface area contributed by atoms with Gasteiger partial charge in [0.1, 0.15) is 5.82 Å². The summed E-state index contributed by atoms with van der Waals surface area (Å²) in [4.78, 5) is 0. The number of aryl methyl sites for hydroxylation is 4. The summed E-state index contributed by atoms with van der Waals surface area (Å²) in [6.07, 6.45) is 0.909. The fourth-order valence-corrected chi connectivity index (χ4v) is 2.40. The van der Waals surface area contributed by atoms with E-state index in [0.717, 1.165) is 30.9 Å². The third-order valence-corrected chi connectivity index (χ3v) is 3.61. The van der Waals surface area contributed by atoms with E-state index in [-0.39, 0.29) is 5.82 Å². The zero-order chi connectivity index (χ0) is 16.1. The van der Waals surface area contributed by atoms with Gasteiger partial charge in [-0.05, 0) is 63.2 Å². The molecule has 0 amide bonds. The van der Waals surface area contributed by atoms with Crippen molar-refractivity contribution in [2.45, 2.75) is 33.7 Å². The minimum Gasteiger partial charge on any atom is -0.362 e. The molecule has 118 valence electrons. The summed E-state index contributed by atoms with van der Waals surface area (Å²) in [6.45, 7) is 7.34. The van der Waals surface area contributed by atoms with Crippen LogP contribution in [-0.4, -0.2) is 21.4 Å². The monoisotopic (exact) mass is 320 g/mol. The number of anilines is 1. The molecule has 0 fully saturated rings. The van der Waals surface area contributed by atoms with Crippen molar-refractivity contribution in [3.63, 3.8) is 0 Å². The summed E-state index contributed by atoms with van der Waals surface area (Å²) in [5.74, 6) is -0.239. The summed E-state index contributed by atoms with van der Waals surface area (Å²) < 4.78 is 15.4. The van der Waals surface area contributed by atoms with Crippen molar-refractivity contribution in [2.24, 2.45) is 0 Å². The molecule has 0 aliphatic rings. The van der Waals surface area contributed by atoms with Gasteiger partial charge in [-0.2, -0.15) is 5.10 Å². The van der Waals surface area contributed by atoms with Gasteiger partial charge in [0, 0.05) is 24.5 Å². The normalized spacial score (nSPS) is 10.5. The maximum Gasteiger partial charge on any atom is 0.170 e. The van der Waals surface area contributed by atoms with E-state index in [1.165, 1.54) is 6.07 Å². The van der Waals surface area contributed by atoms with E-state index >= 15 is 0 Å². The molecule has 0 radical (unpaired) electrons. The molecule has 1 aromatic carbocycles. The maximum absolute atomic E-state index is 13.5. The Bertz CT molecular complexity index is 666. The smallest absolute Gasteiger partial charge is 0.170 e. The van der Waals surface area contributed by atoms with E-state index in [4.69, 9.17) is 12.2 Å². The van der Waals surface area contributed by atoms with Crippen LogP contribution in [0.5, 0.6) is 0 Å². The SMILES string of the molecule is Cc1cc(C)n(CCCNC(=S)Nc2ccc(C)c(F)c2)n1. The van der Waals surface area contributed by atoms with E-state index < -0.39 is 0 Å². The fraction of sp³-hybridized carbons (Fsp3) is 0.375. The van der Waals surface area contributed by atoms with Crippen LogP contribution in [0.2, 0.25) is 0 Å². The van der Waals surface area contributed by atoms with Gasteiger partial charge in [-0.25, -0.2) is 4.39 Å². The molecule has 0 aliphatic carbocycles. The summed E-state index contributed by atoms with van der Waals surface area (Å²) in [6, 6.07) is 7.04. The van der Waals surface area contributed by atoms with Crippen molar-refractivity contribution in [2.75, 3.05) is 11.9 Å². The third kappa shape index (κ3) is 4.53. The van der Waals surface area contributed by atoms with Crippen LogP contribution in [0.25, 0.3) is 0 Å². The summed E-state index contributed by atoms with van der Waals surface area (Å²) in [5, 5.41) is 11.0. The lowest BCUT2D eigenvalue weighted by atomic mass is 10.2. The van der Waals surface area contributed by atoms with Crippen molar-refractivity contribution in [3.8, 4) is 0 Å². The molecular weight excluding hydrogens is 299 g/mol. The maximum atomic E-state index is 13.5. The minimum atomic E-state index is -0.239. The van der Waals surface area contributed by atoms with Crippen molar-refractivity contribution in [3.05, 3.63) is 47.0 Å². The Morgan fingerprint density at radius 2 is 2.05 bits per heavy atom. The molecule has 0 bridgehead atoms. The molecule has 6 heteroatoms. The Labute approximate surface area is 135 Å². The van der Waals surface area contributed by atoms with E-state index in [1.807, 2.05) is 24.6 Å². The number of nitrogens with one attached hydrogen (secondary N) is 2. The average molecular weight is 320 g/mol. The predicted octanol–water partition coefficient (Wildman–Crippen LogP) is 3.32. The lowest BCUT2D eigenvalue weighted by Gasteiger charge is -2.11. The Kier molecular flexibility index (Phi) is 5.49. The summed E-state index contributed by atoms with van der Waals surface area (Å²) in [7, 11) is 0. The zero-order valence-corrected chi connectivity index (χ0v) is 13.9. The second kappa shape index (κ2) is 7.35. The minimum absolute atomic E-state index is 0.239. The lowest BCUT2D eigenvalue weighted by Crippen LogP contribution is -2.29. The van der Waals surface area contributed by atoms with Gasteiger partial charge < -0.3 is 10.6 Å². The molecular formula is C16H21FN4S. The number of benzene rings is 1. The second-order valence-corrected chi connectivity index (χ2v) is 5.76. The third-order valence-electron chi connectivity index (χ3n) is 3.37. The zero-order valence-electron chi connectivity index (χ0n) is 13.1. The first kappa shape index (κ1) is 16.4. The average Bonchev–Trinajstić information content (AvgIpc) is 2.77. The van der Waals surface area contributed by atoms with E-state index in [0.29, 0.717) is 16.4 Å². The Balaban J connectivity index is 1.73. The molecule has 0 unspecified atom stereocenters. The molecule has 2 rings (SSSR count). The van der Waals surface area contributed by atoms with Crippen LogP contribution in [0.1, 0.15) is 23.4 Å². The molecule has 0 atom stereocenters. The fourth-order valence-electron chi connectivity index (χ4n) is 2.18. The van der Waals surface area contributed by atoms with Gasteiger partial charge in [-0.15, -0.1) is 0 Å².